The number of anilines is 3. The van der Waals surface area contributed by atoms with E-state index in [0.29, 0.717) is 5.82 Å². The maximum atomic E-state index is 11.1. The molecule has 0 bridgehead atoms. The van der Waals surface area contributed by atoms with Crippen molar-refractivity contribution < 1.29 is 8.42 Å². The van der Waals surface area contributed by atoms with Gasteiger partial charge in [-0.05, 0) is 44.0 Å². The Morgan fingerprint density at radius 2 is 1.67 bits per heavy atom. The minimum absolute atomic E-state index is 0.306. The van der Waals surface area contributed by atoms with Crippen molar-refractivity contribution in [2.45, 2.75) is 20.8 Å². The lowest BCUT2D eigenvalue weighted by molar-refractivity contribution is 0.606. The number of nitrogens with zero attached hydrogens (tertiary/aromatic N) is 1. The first kappa shape index (κ1) is 15.3. The minimum atomic E-state index is -3.30. The van der Waals surface area contributed by atoms with E-state index in [9.17, 15) is 8.42 Å². The van der Waals surface area contributed by atoms with E-state index in [1.54, 1.807) is 18.3 Å². The molecule has 0 atom stereocenters. The zero-order valence-electron chi connectivity index (χ0n) is 12.6. The number of nitrogens with one attached hydrogen (secondary N) is 2. The third kappa shape index (κ3) is 4.19. The third-order valence-electron chi connectivity index (χ3n) is 3.00. The zero-order chi connectivity index (χ0) is 15.6. The van der Waals surface area contributed by atoms with Crippen LogP contribution in [0.2, 0.25) is 0 Å². The highest BCUT2D eigenvalue weighted by Crippen LogP contribution is 2.25. The van der Waals surface area contributed by atoms with Gasteiger partial charge < -0.3 is 5.32 Å². The summed E-state index contributed by atoms with van der Waals surface area (Å²) in [5, 5.41) is 3.32. The Bertz CT molecular complexity index is 730. The SMILES string of the molecule is Cc1cc(C)c(Nc2ccc(NS(C)(=O)=O)nc2)c(C)c1. The van der Waals surface area contributed by atoms with E-state index in [4.69, 9.17) is 0 Å². The molecule has 6 heteroatoms. The van der Waals surface area contributed by atoms with E-state index in [2.05, 4.69) is 47.9 Å². The summed E-state index contributed by atoms with van der Waals surface area (Å²) in [6.45, 7) is 6.17. The van der Waals surface area contributed by atoms with Crippen LogP contribution in [0.3, 0.4) is 0 Å². The van der Waals surface area contributed by atoms with Crippen LogP contribution in [0.15, 0.2) is 30.5 Å². The topological polar surface area (TPSA) is 71.1 Å². The maximum absolute atomic E-state index is 11.1. The van der Waals surface area contributed by atoms with Gasteiger partial charge in [0.25, 0.3) is 0 Å². The molecule has 0 unspecified atom stereocenters. The van der Waals surface area contributed by atoms with E-state index < -0.39 is 10.0 Å². The van der Waals surface area contributed by atoms with Crippen LogP contribution in [0.25, 0.3) is 0 Å². The predicted molar refractivity (Wildman–Crippen MR) is 86.6 cm³/mol. The Labute approximate surface area is 125 Å². The lowest BCUT2D eigenvalue weighted by Crippen LogP contribution is -2.10. The van der Waals surface area contributed by atoms with Gasteiger partial charge in [-0.15, -0.1) is 0 Å². The van der Waals surface area contributed by atoms with Crippen molar-refractivity contribution in [3.63, 3.8) is 0 Å². The molecular weight excluding hydrogens is 286 g/mol. The first-order valence-corrected chi connectivity index (χ1v) is 8.42. The molecule has 0 spiro atoms. The van der Waals surface area contributed by atoms with Gasteiger partial charge >= 0.3 is 0 Å². The molecule has 2 rings (SSSR count). The Hall–Kier alpha value is -2.08. The minimum Gasteiger partial charge on any atom is -0.354 e. The van der Waals surface area contributed by atoms with Crippen molar-refractivity contribution in [2.75, 3.05) is 16.3 Å². The van der Waals surface area contributed by atoms with Gasteiger partial charge in [-0.1, -0.05) is 17.7 Å². The summed E-state index contributed by atoms with van der Waals surface area (Å²) < 4.78 is 24.6. The number of aromatic nitrogens is 1. The van der Waals surface area contributed by atoms with Crippen LogP contribution in [-0.4, -0.2) is 19.7 Å². The quantitative estimate of drug-likeness (QED) is 0.910. The monoisotopic (exact) mass is 305 g/mol. The van der Waals surface area contributed by atoms with E-state index in [1.807, 2.05) is 0 Å². The summed E-state index contributed by atoms with van der Waals surface area (Å²) in [4.78, 5) is 4.08. The number of aryl methyl sites for hydroxylation is 3. The van der Waals surface area contributed by atoms with Gasteiger partial charge in [-0.2, -0.15) is 0 Å². The van der Waals surface area contributed by atoms with Crippen molar-refractivity contribution in [3.05, 3.63) is 47.2 Å². The molecule has 2 aromatic rings. The van der Waals surface area contributed by atoms with Gasteiger partial charge in [0.15, 0.2) is 0 Å². The van der Waals surface area contributed by atoms with Crippen molar-refractivity contribution in [1.29, 1.82) is 0 Å². The molecule has 0 fully saturated rings. The largest absolute Gasteiger partial charge is 0.354 e. The molecular formula is C15H19N3O2S. The molecule has 0 saturated heterocycles. The molecule has 21 heavy (non-hydrogen) atoms. The molecule has 1 heterocycles. The van der Waals surface area contributed by atoms with Crippen LogP contribution in [0, 0.1) is 20.8 Å². The number of benzene rings is 1. The van der Waals surface area contributed by atoms with E-state index in [1.165, 1.54) is 5.56 Å². The van der Waals surface area contributed by atoms with Gasteiger partial charge in [0.2, 0.25) is 10.0 Å². The first-order valence-electron chi connectivity index (χ1n) is 6.53. The molecule has 0 aliphatic rings. The highest BCUT2D eigenvalue weighted by Gasteiger charge is 2.06. The summed E-state index contributed by atoms with van der Waals surface area (Å²) in [5.41, 5.74) is 5.40. The third-order valence-corrected chi connectivity index (χ3v) is 3.58. The molecule has 0 aliphatic heterocycles. The molecule has 2 N–H and O–H groups in total. The normalized spacial score (nSPS) is 11.2. The molecule has 0 radical (unpaired) electrons. The predicted octanol–water partition coefficient (Wildman–Crippen LogP) is 3.12. The van der Waals surface area contributed by atoms with E-state index in [-0.39, 0.29) is 0 Å². The smallest absolute Gasteiger partial charge is 0.230 e. The second-order valence-electron chi connectivity index (χ2n) is 5.21. The van der Waals surface area contributed by atoms with Crippen molar-refractivity contribution in [3.8, 4) is 0 Å². The fraction of sp³-hybridized carbons (Fsp3) is 0.267. The van der Waals surface area contributed by atoms with Crippen LogP contribution >= 0.6 is 0 Å². The second kappa shape index (κ2) is 5.73. The van der Waals surface area contributed by atoms with Gasteiger partial charge in [0.1, 0.15) is 5.82 Å². The molecule has 5 nitrogen and oxygen atoms in total. The molecule has 1 aromatic heterocycles. The standard InChI is InChI=1S/C15H19N3O2S/c1-10-7-11(2)15(12(3)8-10)17-13-5-6-14(16-9-13)18-21(4,19)20/h5-9,17H,1-4H3,(H,16,18). The number of sulfonamides is 1. The van der Waals surface area contributed by atoms with Crippen LogP contribution in [0.5, 0.6) is 0 Å². The Morgan fingerprint density at radius 3 is 2.14 bits per heavy atom. The van der Waals surface area contributed by atoms with Gasteiger partial charge in [-0.3, -0.25) is 4.72 Å². The number of hydrogen-bond acceptors (Lipinski definition) is 4. The van der Waals surface area contributed by atoms with Crippen molar-refractivity contribution in [1.82, 2.24) is 4.98 Å². The lowest BCUT2D eigenvalue weighted by Gasteiger charge is -2.14. The van der Waals surface area contributed by atoms with Crippen LogP contribution in [-0.2, 0) is 10.0 Å². The maximum Gasteiger partial charge on any atom is 0.230 e. The fourth-order valence-electron chi connectivity index (χ4n) is 2.24. The van der Waals surface area contributed by atoms with Gasteiger partial charge in [0.05, 0.1) is 18.1 Å². The average molecular weight is 305 g/mol. The van der Waals surface area contributed by atoms with Gasteiger partial charge in [-0.25, -0.2) is 13.4 Å². The van der Waals surface area contributed by atoms with E-state index >= 15 is 0 Å². The molecule has 112 valence electrons. The second-order valence-corrected chi connectivity index (χ2v) is 6.95. The summed E-state index contributed by atoms with van der Waals surface area (Å²) in [6.07, 6.45) is 2.70. The van der Waals surface area contributed by atoms with Gasteiger partial charge in [0, 0.05) is 5.69 Å². The summed E-state index contributed by atoms with van der Waals surface area (Å²) in [5.74, 6) is 0.306. The Kier molecular flexibility index (Phi) is 4.18. The highest BCUT2D eigenvalue weighted by molar-refractivity contribution is 7.92. The Balaban J connectivity index is 2.21. The van der Waals surface area contributed by atoms with Crippen molar-refractivity contribution >= 4 is 27.2 Å². The van der Waals surface area contributed by atoms with Crippen LogP contribution < -0.4 is 10.0 Å². The van der Waals surface area contributed by atoms with Crippen LogP contribution in [0.4, 0.5) is 17.2 Å². The highest BCUT2D eigenvalue weighted by atomic mass is 32.2. The molecule has 0 saturated carbocycles. The number of rotatable bonds is 4. The number of pyridine rings is 1. The molecule has 0 aliphatic carbocycles. The molecule has 1 aromatic carbocycles. The lowest BCUT2D eigenvalue weighted by atomic mass is 10.1. The summed E-state index contributed by atoms with van der Waals surface area (Å²) in [7, 11) is -3.30. The average Bonchev–Trinajstić information content (AvgIpc) is 2.34. The Morgan fingerprint density at radius 1 is 1.05 bits per heavy atom. The molecule has 0 amide bonds. The zero-order valence-corrected chi connectivity index (χ0v) is 13.4. The van der Waals surface area contributed by atoms with E-state index in [0.717, 1.165) is 28.8 Å². The van der Waals surface area contributed by atoms with Crippen molar-refractivity contribution in [2.24, 2.45) is 0 Å². The van der Waals surface area contributed by atoms with Crippen LogP contribution in [0.1, 0.15) is 16.7 Å². The first-order chi connectivity index (χ1) is 9.74. The summed E-state index contributed by atoms with van der Waals surface area (Å²) in [6, 6.07) is 7.65. The summed E-state index contributed by atoms with van der Waals surface area (Å²) >= 11 is 0. The number of hydrogen-bond donors (Lipinski definition) is 2. The fourth-order valence-corrected chi connectivity index (χ4v) is 2.74.